The van der Waals surface area contributed by atoms with Crippen LogP contribution in [0.5, 0.6) is 0 Å². The van der Waals surface area contributed by atoms with Gasteiger partial charge in [0.1, 0.15) is 11.6 Å². The van der Waals surface area contributed by atoms with Gasteiger partial charge in [0.2, 0.25) is 0 Å². The standard InChI is InChI=1S/C12H23NO2S/c1-6-9(7-8-16-5)10(13)11(14)15-12(2,3)4/h6,9-10H,1,7-8,13H2,2-5H3/t9-,10+/m1/s1. The minimum Gasteiger partial charge on any atom is -0.459 e. The molecule has 2 N–H and O–H groups in total. The highest BCUT2D eigenvalue weighted by molar-refractivity contribution is 7.98. The molecule has 0 saturated carbocycles. The highest BCUT2D eigenvalue weighted by Gasteiger charge is 2.27. The number of hydrogen-bond donors (Lipinski definition) is 1. The van der Waals surface area contributed by atoms with E-state index >= 15 is 0 Å². The van der Waals surface area contributed by atoms with E-state index in [1.807, 2.05) is 27.0 Å². The fraction of sp³-hybridized carbons (Fsp3) is 0.750. The minimum absolute atomic E-state index is 0.0118. The lowest BCUT2D eigenvalue weighted by Crippen LogP contribution is -2.42. The number of carbonyl (C=O) groups is 1. The topological polar surface area (TPSA) is 52.3 Å². The van der Waals surface area contributed by atoms with E-state index < -0.39 is 11.6 Å². The summed E-state index contributed by atoms with van der Waals surface area (Å²) in [6.07, 6.45) is 4.62. The zero-order chi connectivity index (χ0) is 12.8. The van der Waals surface area contributed by atoms with Crippen molar-refractivity contribution in [3.63, 3.8) is 0 Å². The second-order valence-corrected chi connectivity index (χ2v) is 5.73. The highest BCUT2D eigenvalue weighted by atomic mass is 32.2. The van der Waals surface area contributed by atoms with Crippen molar-refractivity contribution in [1.29, 1.82) is 0 Å². The monoisotopic (exact) mass is 245 g/mol. The van der Waals surface area contributed by atoms with Gasteiger partial charge in [0, 0.05) is 5.92 Å². The second kappa shape index (κ2) is 6.97. The lowest BCUT2D eigenvalue weighted by molar-refractivity contribution is -0.157. The van der Waals surface area contributed by atoms with Crippen molar-refractivity contribution >= 4 is 17.7 Å². The first-order valence-corrected chi connectivity index (χ1v) is 6.81. The Morgan fingerprint density at radius 3 is 2.50 bits per heavy atom. The second-order valence-electron chi connectivity index (χ2n) is 4.74. The van der Waals surface area contributed by atoms with Crippen molar-refractivity contribution in [2.24, 2.45) is 11.7 Å². The Morgan fingerprint density at radius 2 is 2.12 bits per heavy atom. The quantitative estimate of drug-likeness (QED) is 0.576. The van der Waals surface area contributed by atoms with Gasteiger partial charge in [-0.2, -0.15) is 11.8 Å². The van der Waals surface area contributed by atoms with E-state index in [1.54, 1.807) is 17.8 Å². The van der Waals surface area contributed by atoms with E-state index in [0.717, 1.165) is 12.2 Å². The van der Waals surface area contributed by atoms with Gasteiger partial charge >= 0.3 is 5.97 Å². The Balaban J connectivity index is 4.32. The lowest BCUT2D eigenvalue weighted by Gasteiger charge is -2.25. The molecule has 0 fully saturated rings. The molecule has 3 nitrogen and oxygen atoms in total. The van der Waals surface area contributed by atoms with Crippen LogP contribution >= 0.6 is 11.8 Å². The number of nitrogens with two attached hydrogens (primary N) is 1. The summed E-state index contributed by atoms with van der Waals surface area (Å²) in [5.74, 6) is 0.605. The van der Waals surface area contributed by atoms with Crippen LogP contribution in [-0.2, 0) is 9.53 Å². The van der Waals surface area contributed by atoms with Crippen molar-refractivity contribution < 1.29 is 9.53 Å². The minimum atomic E-state index is -0.608. The van der Waals surface area contributed by atoms with Crippen molar-refractivity contribution in [3.8, 4) is 0 Å². The van der Waals surface area contributed by atoms with Crippen molar-refractivity contribution in [2.45, 2.75) is 38.8 Å². The van der Waals surface area contributed by atoms with Crippen molar-refractivity contribution in [1.82, 2.24) is 0 Å². The van der Waals surface area contributed by atoms with Crippen molar-refractivity contribution in [3.05, 3.63) is 12.7 Å². The molecule has 16 heavy (non-hydrogen) atoms. The molecule has 0 aromatic heterocycles. The first-order chi connectivity index (χ1) is 7.31. The van der Waals surface area contributed by atoms with Gasteiger partial charge in [-0.1, -0.05) is 6.08 Å². The van der Waals surface area contributed by atoms with E-state index in [2.05, 4.69) is 6.58 Å². The predicted molar refractivity (Wildman–Crippen MR) is 70.5 cm³/mol. The number of thioether (sulfide) groups is 1. The molecular formula is C12H23NO2S. The zero-order valence-corrected chi connectivity index (χ0v) is 11.5. The normalized spacial score (nSPS) is 15.3. The first-order valence-electron chi connectivity index (χ1n) is 5.41. The van der Waals surface area contributed by atoms with Gasteiger partial charge in [0.15, 0.2) is 0 Å². The van der Waals surface area contributed by atoms with Crippen LogP contribution in [0.25, 0.3) is 0 Å². The summed E-state index contributed by atoms with van der Waals surface area (Å²) in [6, 6.07) is -0.608. The molecule has 0 unspecified atom stereocenters. The van der Waals surface area contributed by atoms with Gasteiger partial charge in [-0.3, -0.25) is 4.79 Å². The average molecular weight is 245 g/mol. The van der Waals surface area contributed by atoms with Gasteiger partial charge in [0.05, 0.1) is 0 Å². The van der Waals surface area contributed by atoms with Crippen LogP contribution in [0.2, 0.25) is 0 Å². The highest BCUT2D eigenvalue weighted by Crippen LogP contribution is 2.16. The maximum Gasteiger partial charge on any atom is 0.324 e. The predicted octanol–water partition coefficient (Wildman–Crippen LogP) is 2.21. The molecule has 0 bridgehead atoms. The zero-order valence-electron chi connectivity index (χ0n) is 10.7. The third-order valence-corrected chi connectivity index (χ3v) is 2.74. The first kappa shape index (κ1) is 15.5. The van der Waals surface area contributed by atoms with Gasteiger partial charge < -0.3 is 10.5 Å². The van der Waals surface area contributed by atoms with Gasteiger partial charge in [-0.05, 0) is 39.2 Å². The Labute approximate surface area is 103 Å². The van der Waals surface area contributed by atoms with Crippen LogP contribution in [0.1, 0.15) is 27.2 Å². The maximum atomic E-state index is 11.7. The molecule has 4 heteroatoms. The Morgan fingerprint density at radius 1 is 1.56 bits per heavy atom. The summed E-state index contributed by atoms with van der Waals surface area (Å²) in [5, 5.41) is 0. The molecule has 0 amide bonds. The number of carbonyl (C=O) groups excluding carboxylic acids is 1. The third kappa shape index (κ3) is 6.18. The molecular weight excluding hydrogens is 222 g/mol. The van der Waals surface area contributed by atoms with E-state index in [9.17, 15) is 4.79 Å². The van der Waals surface area contributed by atoms with Crippen molar-refractivity contribution in [2.75, 3.05) is 12.0 Å². The smallest absolute Gasteiger partial charge is 0.324 e. The van der Waals surface area contributed by atoms with Gasteiger partial charge in [-0.25, -0.2) is 0 Å². The largest absolute Gasteiger partial charge is 0.459 e. The average Bonchev–Trinajstić information content (AvgIpc) is 2.16. The molecule has 94 valence electrons. The van der Waals surface area contributed by atoms with E-state index in [-0.39, 0.29) is 11.9 Å². The summed E-state index contributed by atoms with van der Waals surface area (Å²) in [4.78, 5) is 11.7. The van der Waals surface area contributed by atoms with E-state index in [0.29, 0.717) is 0 Å². The number of ether oxygens (including phenoxy) is 1. The number of hydrogen-bond acceptors (Lipinski definition) is 4. The van der Waals surface area contributed by atoms with Crippen LogP contribution < -0.4 is 5.73 Å². The number of rotatable bonds is 6. The molecule has 0 aliphatic carbocycles. The maximum absolute atomic E-state index is 11.7. The SMILES string of the molecule is C=C[C@H](CCSC)[C@H](N)C(=O)OC(C)(C)C. The summed E-state index contributed by atoms with van der Waals surface area (Å²) in [7, 11) is 0. The molecule has 0 aromatic carbocycles. The summed E-state index contributed by atoms with van der Waals surface area (Å²) in [5.41, 5.74) is 5.38. The van der Waals surface area contributed by atoms with E-state index in [4.69, 9.17) is 10.5 Å². The Kier molecular flexibility index (Phi) is 6.76. The Hall–Kier alpha value is -0.480. The molecule has 0 saturated heterocycles. The number of esters is 1. The fourth-order valence-electron chi connectivity index (χ4n) is 1.24. The molecule has 2 atom stereocenters. The summed E-state index contributed by atoms with van der Waals surface area (Å²) >= 11 is 1.73. The summed E-state index contributed by atoms with van der Waals surface area (Å²) in [6.45, 7) is 9.22. The molecule has 0 rings (SSSR count). The van der Waals surface area contributed by atoms with Crippen LogP contribution in [0, 0.1) is 5.92 Å². The fourth-order valence-corrected chi connectivity index (χ4v) is 1.75. The van der Waals surface area contributed by atoms with Gasteiger partial charge in [-0.15, -0.1) is 6.58 Å². The molecule has 0 spiro atoms. The van der Waals surface area contributed by atoms with E-state index in [1.165, 1.54) is 0 Å². The lowest BCUT2D eigenvalue weighted by atomic mass is 9.97. The van der Waals surface area contributed by atoms with Crippen LogP contribution in [0.4, 0.5) is 0 Å². The molecule has 0 aliphatic heterocycles. The molecule has 0 radical (unpaired) electrons. The Bertz CT molecular complexity index is 236. The van der Waals surface area contributed by atoms with Crippen LogP contribution in [-0.4, -0.2) is 29.6 Å². The molecule has 0 aliphatic rings. The molecule has 0 aromatic rings. The summed E-state index contributed by atoms with van der Waals surface area (Å²) < 4.78 is 5.24. The molecule has 0 heterocycles. The van der Waals surface area contributed by atoms with Crippen LogP contribution in [0.15, 0.2) is 12.7 Å². The third-order valence-electron chi connectivity index (χ3n) is 2.10. The van der Waals surface area contributed by atoms with Crippen LogP contribution in [0.3, 0.4) is 0 Å². The van der Waals surface area contributed by atoms with Gasteiger partial charge in [0.25, 0.3) is 0 Å².